The van der Waals surface area contributed by atoms with E-state index in [4.69, 9.17) is 16.3 Å². The number of ether oxygens (including phenoxy) is 1. The Morgan fingerprint density at radius 2 is 1.73 bits per heavy atom. The van der Waals surface area contributed by atoms with E-state index in [0.29, 0.717) is 5.75 Å². The molecule has 3 rings (SSSR count). The number of amides is 2. The Labute approximate surface area is 249 Å². The van der Waals surface area contributed by atoms with Gasteiger partial charge in [0.15, 0.2) is 0 Å². The minimum absolute atomic E-state index is 0.0100. The Morgan fingerprint density at radius 1 is 1.02 bits per heavy atom. The number of nitrogens with zero attached hydrogens (tertiary/aromatic N) is 2. The largest absolute Gasteiger partial charge is 0.495 e. The second-order valence-corrected chi connectivity index (χ2v) is 12.5. The molecule has 8 nitrogen and oxygen atoms in total. The van der Waals surface area contributed by atoms with Crippen LogP contribution >= 0.6 is 27.5 Å². The van der Waals surface area contributed by atoms with Crippen LogP contribution in [0.3, 0.4) is 0 Å². The average molecular weight is 651 g/mol. The zero-order valence-electron chi connectivity index (χ0n) is 22.8. The van der Waals surface area contributed by atoms with Gasteiger partial charge in [0.25, 0.3) is 10.0 Å². The monoisotopic (exact) mass is 649 g/mol. The summed E-state index contributed by atoms with van der Waals surface area (Å²) in [6.45, 7) is 5.00. The molecule has 11 heteroatoms. The summed E-state index contributed by atoms with van der Waals surface area (Å²) in [5.74, 6) is -0.527. The van der Waals surface area contributed by atoms with Crippen molar-refractivity contribution in [1.29, 1.82) is 0 Å². The predicted molar refractivity (Wildman–Crippen MR) is 161 cm³/mol. The molecule has 214 valence electrons. The van der Waals surface area contributed by atoms with Crippen molar-refractivity contribution in [3.05, 3.63) is 87.9 Å². The number of carbonyl (C=O) groups excluding carboxylic acids is 2. The Hall–Kier alpha value is -3.08. The minimum atomic E-state index is -4.19. The smallest absolute Gasteiger partial charge is 0.264 e. The first-order chi connectivity index (χ1) is 19.0. The van der Waals surface area contributed by atoms with E-state index in [9.17, 15) is 18.0 Å². The van der Waals surface area contributed by atoms with Crippen LogP contribution in [0.1, 0.15) is 32.8 Å². The van der Waals surface area contributed by atoms with Gasteiger partial charge >= 0.3 is 0 Å². The highest BCUT2D eigenvalue weighted by Crippen LogP contribution is 2.32. The van der Waals surface area contributed by atoms with Crippen molar-refractivity contribution in [2.45, 2.75) is 50.7 Å². The normalized spacial score (nSPS) is 12.8. The highest BCUT2D eigenvalue weighted by atomic mass is 79.9. The number of nitrogens with one attached hydrogen (secondary N) is 1. The number of rotatable bonds is 12. The number of sulfonamides is 1. The van der Waals surface area contributed by atoms with Crippen molar-refractivity contribution < 1.29 is 22.7 Å². The highest BCUT2D eigenvalue weighted by Gasteiger charge is 2.33. The van der Waals surface area contributed by atoms with Crippen LogP contribution < -0.4 is 14.4 Å². The lowest BCUT2D eigenvalue weighted by molar-refractivity contribution is -0.139. The summed E-state index contributed by atoms with van der Waals surface area (Å²) in [5, 5.41) is 3.11. The molecule has 0 spiro atoms. The van der Waals surface area contributed by atoms with E-state index < -0.39 is 28.5 Å². The Bertz CT molecular complexity index is 1440. The van der Waals surface area contributed by atoms with Crippen LogP contribution in [-0.2, 0) is 26.2 Å². The summed E-state index contributed by atoms with van der Waals surface area (Å²) in [5.41, 5.74) is 0.956. The third kappa shape index (κ3) is 7.77. The number of carbonyl (C=O) groups is 2. The number of halogens is 2. The number of anilines is 1. The number of benzene rings is 3. The molecule has 0 unspecified atom stereocenters. The molecule has 0 aliphatic carbocycles. The number of hydrogen-bond donors (Lipinski definition) is 1. The van der Waals surface area contributed by atoms with Crippen molar-refractivity contribution in [1.82, 2.24) is 10.2 Å². The molecule has 0 aromatic heterocycles. The first-order valence-electron chi connectivity index (χ1n) is 12.7. The van der Waals surface area contributed by atoms with Crippen LogP contribution in [0.15, 0.2) is 82.2 Å². The fourth-order valence-corrected chi connectivity index (χ4v) is 6.06. The Balaban J connectivity index is 2.05. The Morgan fingerprint density at radius 3 is 2.33 bits per heavy atom. The molecule has 0 bridgehead atoms. The van der Waals surface area contributed by atoms with Gasteiger partial charge < -0.3 is 15.0 Å². The molecule has 0 saturated carbocycles. The molecule has 2 amide bonds. The summed E-state index contributed by atoms with van der Waals surface area (Å²) in [6.07, 6.45) is 0.722. The van der Waals surface area contributed by atoms with Gasteiger partial charge in [-0.3, -0.25) is 13.9 Å². The van der Waals surface area contributed by atoms with Crippen LogP contribution in [0.2, 0.25) is 5.02 Å². The lowest BCUT2D eigenvalue weighted by atomic mass is 10.1. The fourth-order valence-electron chi connectivity index (χ4n) is 3.94. The summed E-state index contributed by atoms with van der Waals surface area (Å²) in [7, 11) is -2.74. The van der Waals surface area contributed by atoms with Crippen LogP contribution in [-0.4, -0.2) is 50.9 Å². The van der Waals surface area contributed by atoms with Crippen LogP contribution in [0.5, 0.6) is 5.75 Å². The summed E-state index contributed by atoms with van der Waals surface area (Å²) < 4.78 is 34.7. The molecule has 0 heterocycles. The fraction of sp³-hybridized carbons (Fsp3) is 0.310. The Kier molecular flexibility index (Phi) is 11.0. The van der Waals surface area contributed by atoms with Gasteiger partial charge in [-0.15, -0.1) is 0 Å². The molecule has 1 N–H and O–H groups in total. The van der Waals surface area contributed by atoms with Gasteiger partial charge in [-0.1, -0.05) is 64.8 Å². The van der Waals surface area contributed by atoms with E-state index in [1.54, 1.807) is 25.1 Å². The van der Waals surface area contributed by atoms with Crippen LogP contribution in [0.25, 0.3) is 0 Å². The van der Waals surface area contributed by atoms with Gasteiger partial charge in [0.2, 0.25) is 11.8 Å². The molecule has 0 aliphatic rings. The van der Waals surface area contributed by atoms with E-state index in [0.717, 1.165) is 20.8 Å². The molecule has 2 atom stereocenters. The van der Waals surface area contributed by atoms with Crippen molar-refractivity contribution >= 4 is 55.1 Å². The molecule has 0 aliphatic heterocycles. The molecule has 3 aromatic rings. The van der Waals surface area contributed by atoms with Crippen molar-refractivity contribution in [3.63, 3.8) is 0 Å². The van der Waals surface area contributed by atoms with Gasteiger partial charge in [0, 0.05) is 17.1 Å². The SMILES string of the molecule is CC[C@@H](C)NC(=O)[C@@H](C)N(Cc1cccc(Br)c1)C(=O)CN(c1ccc(OC)c(Cl)c1)S(=O)(=O)c1ccccc1. The number of methoxy groups -OCH3 is 1. The first kappa shape index (κ1) is 31.4. The van der Waals surface area contributed by atoms with Gasteiger partial charge in [0.1, 0.15) is 18.3 Å². The third-order valence-electron chi connectivity index (χ3n) is 6.44. The standard InChI is InChI=1S/C29H33BrClN3O5S/c1-5-20(2)32-29(36)21(3)33(18-22-10-9-11-23(30)16-22)28(35)19-34(24-14-15-27(39-4)26(31)17-24)40(37,38)25-12-7-6-8-13-25/h6-17,20-21H,5,18-19H2,1-4H3,(H,32,36)/t20-,21-/m1/s1. The lowest BCUT2D eigenvalue weighted by Crippen LogP contribution is -2.52. The quantitative estimate of drug-likeness (QED) is 0.274. The maximum atomic E-state index is 14.0. The predicted octanol–water partition coefficient (Wildman–Crippen LogP) is 5.64. The van der Waals surface area contributed by atoms with Gasteiger partial charge in [0.05, 0.1) is 22.7 Å². The van der Waals surface area contributed by atoms with Crippen LogP contribution in [0.4, 0.5) is 5.69 Å². The number of hydrogen-bond acceptors (Lipinski definition) is 5. The van der Waals surface area contributed by atoms with Crippen molar-refractivity contribution in [2.75, 3.05) is 18.0 Å². The van der Waals surface area contributed by atoms with Gasteiger partial charge in [-0.05, 0) is 68.3 Å². The second kappa shape index (κ2) is 14.0. The zero-order valence-corrected chi connectivity index (χ0v) is 26.0. The van der Waals surface area contributed by atoms with Crippen LogP contribution in [0, 0.1) is 0 Å². The lowest BCUT2D eigenvalue weighted by Gasteiger charge is -2.32. The third-order valence-corrected chi connectivity index (χ3v) is 9.02. The van der Waals surface area contributed by atoms with E-state index in [-0.39, 0.29) is 34.1 Å². The summed E-state index contributed by atoms with van der Waals surface area (Å²) >= 11 is 9.79. The topological polar surface area (TPSA) is 96.0 Å². The molecule has 0 radical (unpaired) electrons. The minimum Gasteiger partial charge on any atom is -0.495 e. The molecule has 0 fully saturated rings. The zero-order chi connectivity index (χ0) is 29.4. The first-order valence-corrected chi connectivity index (χ1v) is 15.3. The average Bonchev–Trinajstić information content (AvgIpc) is 2.94. The molecular formula is C29H33BrClN3O5S. The summed E-state index contributed by atoms with van der Waals surface area (Å²) in [6, 6.07) is 18.7. The van der Waals surface area contributed by atoms with Gasteiger partial charge in [-0.25, -0.2) is 8.42 Å². The van der Waals surface area contributed by atoms with E-state index >= 15 is 0 Å². The van der Waals surface area contributed by atoms with Crippen molar-refractivity contribution in [3.8, 4) is 5.75 Å². The molecular weight excluding hydrogens is 618 g/mol. The molecule has 40 heavy (non-hydrogen) atoms. The second-order valence-electron chi connectivity index (χ2n) is 9.29. The van der Waals surface area contributed by atoms with Crippen molar-refractivity contribution in [2.24, 2.45) is 0 Å². The highest BCUT2D eigenvalue weighted by molar-refractivity contribution is 9.10. The maximum Gasteiger partial charge on any atom is 0.264 e. The van der Waals surface area contributed by atoms with Gasteiger partial charge in [-0.2, -0.15) is 0 Å². The molecule has 0 saturated heterocycles. The van der Waals surface area contributed by atoms with E-state index in [1.807, 2.05) is 38.1 Å². The van der Waals surface area contributed by atoms with E-state index in [1.165, 1.54) is 42.3 Å². The van der Waals surface area contributed by atoms with E-state index in [2.05, 4.69) is 21.2 Å². The maximum absolute atomic E-state index is 14.0. The summed E-state index contributed by atoms with van der Waals surface area (Å²) in [4.78, 5) is 28.5. The molecule has 3 aromatic carbocycles.